The normalized spacial score (nSPS) is 12.1. The molecule has 0 radical (unpaired) electrons. The number of nitrogens with two attached hydrogens (primary N) is 1. The standard InChI is InChI=1S/C11H15NO4/c1-16-10-4-7(2-3-9(10)13)8(6-12)5-11(14)15/h2-4,8,13H,5-6,12H2,1H3,(H,14,15)/t8-/m1/s1. The zero-order chi connectivity index (χ0) is 12.1. The lowest BCUT2D eigenvalue weighted by Crippen LogP contribution is -2.16. The van der Waals surface area contributed by atoms with Gasteiger partial charge in [0.2, 0.25) is 0 Å². The summed E-state index contributed by atoms with van der Waals surface area (Å²) < 4.78 is 4.95. The Morgan fingerprint density at radius 1 is 1.56 bits per heavy atom. The van der Waals surface area contributed by atoms with Gasteiger partial charge in [-0.15, -0.1) is 0 Å². The molecule has 0 heterocycles. The highest BCUT2D eigenvalue weighted by Crippen LogP contribution is 2.30. The Hall–Kier alpha value is -1.75. The van der Waals surface area contributed by atoms with Crippen LogP contribution in [0.25, 0.3) is 0 Å². The van der Waals surface area contributed by atoms with E-state index >= 15 is 0 Å². The van der Waals surface area contributed by atoms with Gasteiger partial charge in [-0.05, 0) is 24.2 Å². The van der Waals surface area contributed by atoms with E-state index in [1.54, 1.807) is 12.1 Å². The van der Waals surface area contributed by atoms with Gasteiger partial charge >= 0.3 is 5.97 Å². The number of hydrogen-bond acceptors (Lipinski definition) is 4. The van der Waals surface area contributed by atoms with Crippen LogP contribution in [0.2, 0.25) is 0 Å². The van der Waals surface area contributed by atoms with Crippen LogP contribution in [0.15, 0.2) is 18.2 Å². The van der Waals surface area contributed by atoms with Gasteiger partial charge in [0.05, 0.1) is 13.5 Å². The molecule has 1 atom stereocenters. The summed E-state index contributed by atoms with van der Waals surface area (Å²) in [6.45, 7) is 0.236. The number of aromatic hydroxyl groups is 1. The SMILES string of the molecule is COc1cc([C@@H](CN)CC(=O)O)ccc1O. The summed E-state index contributed by atoms with van der Waals surface area (Å²) in [4.78, 5) is 10.6. The minimum absolute atomic E-state index is 0.0253. The molecule has 1 rings (SSSR count). The van der Waals surface area contributed by atoms with Crippen molar-refractivity contribution in [1.29, 1.82) is 0 Å². The van der Waals surface area contributed by atoms with Crippen LogP contribution in [0, 0.1) is 0 Å². The van der Waals surface area contributed by atoms with Crippen molar-refractivity contribution < 1.29 is 19.7 Å². The van der Waals surface area contributed by atoms with Crippen LogP contribution < -0.4 is 10.5 Å². The first kappa shape index (κ1) is 12.3. The first-order valence-corrected chi connectivity index (χ1v) is 4.87. The summed E-state index contributed by atoms with van der Waals surface area (Å²) in [5.74, 6) is -0.826. The molecule has 1 aromatic rings. The Labute approximate surface area is 93.5 Å². The number of carboxylic acids is 1. The maximum absolute atomic E-state index is 10.6. The molecule has 5 heteroatoms. The maximum atomic E-state index is 10.6. The molecule has 0 saturated carbocycles. The smallest absolute Gasteiger partial charge is 0.304 e. The van der Waals surface area contributed by atoms with E-state index in [1.807, 2.05) is 0 Å². The van der Waals surface area contributed by atoms with Gasteiger partial charge in [0.25, 0.3) is 0 Å². The summed E-state index contributed by atoms with van der Waals surface area (Å²) in [6.07, 6.45) is -0.0373. The Balaban J connectivity index is 2.96. The van der Waals surface area contributed by atoms with Gasteiger partial charge in [-0.2, -0.15) is 0 Å². The number of ether oxygens (including phenoxy) is 1. The molecule has 0 aliphatic carbocycles. The van der Waals surface area contributed by atoms with Gasteiger partial charge < -0.3 is 20.7 Å². The number of benzene rings is 1. The first-order valence-electron chi connectivity index (χ1n) is 4.87. The van der Waals surface area contributed by atoms with Crippen molar-refractivity contribution in [2.24, 2.45) is 5.73 Å². The lowest BCUT2D eigenvalue weighted by molar-refractivity contribution is -0.137. The summed E-state index contributed by atoms with van der Waals surface area (Å²) in [5.41, 5.74) is 6.27. The molecule has 4 N–H and O–H groups in total. The third-order valence-electron chi connectivity index (χ3n) is 2.38. The number of hydrogen-bond donors (Lipinski definition) is 3. The van der Waals surface area contributed by atoms with Crippen molar-refractivity contribution in [2.45, 2.75) is 12.3 Å². The quantitative estimate of drug-likeness (QED) is 0.692. The molecule has 0 aliphatic rings. The van der Waals surface area contributed by atoms with Crippen molar-refractivity contribution in [1.82, 2.24) is 0 Å². The summed E-state index contributed by atoms with van der Waals surface area (Å²) in [7, 11) is 1.44. The van der Waals surface area contributed by atoms with Gasteiger partial charge in [0.1, 0.15) is 0 Å². The lowest BCUT2D eigenvalue weighted by atomic mass is 9.95. The fourth-order valence-electron chi connectivity index (χ4n) is 1.50. The minimum atomic E-state index is -0.900. The predicted molar refractivity (Wildman–Crippen MR) is 58.7 cm³/mol. The topological polar surface area (TPSA) is 92.8 Å². The van der Waals surface area contributed by atoms with E-state index < -0.39 is 5.97 Å². The van der Waals surface area contributed by atoms with Gasteiger partial charge in [0.15, 0.2) is 11.5 Å². The van der Waals surface area contributed by atoms with Crippen LogP contribution in [0.5, 0.6) is 11.5 Å². The second kappa shape index (κ2) is 5.37. The van der Waals surface area contributed by atoms with Crippen LogP contribution >= 0.6 is 0 Å². The van der Waals surface area contributed by atoms with Crippen molar-refractivity contribution in [3.63, 3.8) is 0 Å². The minimum Gasteiger partial charge on any atom is -0.504 e. The fraction of sp³-hybridized carbons (Fsp3) is 0.364. The van der Waals surface area contributed by atoms with Crippen molar-refractivity contribution in [3.8, 4) is 11.5 Å². The number of rotatable bonds is 5. The first-order chi connectivity index (χ1) is 7.58. The molecule has 0 unspecified atom stereocenters. The highest BCUT2D eigenvalue weighted by Gasteiger charge is 2.15. The number of phenolic OH excluding ortho intramolecular Hbond substituents is 1. The van der Waals surface area contributed by atoms with E-state index in [4.69, 9.17) is 15.6 Å². The Bertz CT molecular complexity index is 378. The summed E-state index contributed by atoms with van der Waals surface area (Å²) in [6, 6.07) is 4.73. The van der Waals surface area contributed by atoms with E-state index in [2.05, 4.69) is 0 Å². The van der Waals surface area contributed by atoms with Gasteiger partial charge in [-0.3, -0.25) is 4.79 Å². The van der Waals surface area contributed by atoms with E-state index in [1.165, 1.54) is 13.2 Å². The van der Waals surface area contributed by atoms with Crippen LogP contribution in [-0.2, 0) is 4.79 Å². The molecule has 0 aliphatic heterocycles. The van der Waals surface area contributed by atoms with Crippen LogP contribution in [0.4, 0.5) is 0 Å². The third kappa shape index (κ3) is 2.87. The molecule has 88 valence electrons. The Morgan fingerprint density at radius 2 is 2.25 bits per heavy atom. The zero-order valence-electron chi connectivity index (χ0n) is 9.01. The van der Waals surface area contributed by atoms with E-state index in [0.717, 1.165) is 5.56 Å². The Morgan fingerprint density at radius 3 is 2.75 bits per heavy atom. The predicted octanol–water partition coefficient (Wildman–Crippen LogP) is 0.918. The molecule has 0 spiro atoms. The number of carbonyl (C=O) groups is 1. The van der Waals surface area contributed by atoms with Gasteiger partial charge in [-0.1, -0.05) is 6.07 Å². The number of phenols is 1. The largest absolute Gasteiger partial charge is 0.504 e. The lowest BCUT2D eigenvalue weighted by Gasteiger charge is -2.14. The maximum Gasteiger partial charge on any atom is 0.304 e. The average molecular weight is 225 g/mol. The molecule has 1 aromatic carbocycles. The fourth-order valence-corrected chi connectivity index (χ4v) is 1.50. The molecule has 0 saturated heterocycles. The molecule has 0 fully saturated rings. The second-order valence-electron chi connectivity index (χ2n) is 3.46. The molecule has 0 aromatic heterocycles. The zero-order valence-corrected chi connectivity index (χ0v) is 9.01. The molecule has 5 nitrogen and oxygen atoms in total. The monoisotopic (exact) mass is 225 g/mol. The van der Waals surface area contributed by atoms with Crippen LogP contribution in [-0.4, -0.2) is 29.8 Å². The summed E-state index contributed by atoms with van der Waals surface area (Å²) >= 11 is 0. The van der Waals surface area contributed by atoms with Gasteiger partial charge in [0, 0.05) is 5.92 Å². The Kier molecular flexibility index (Phi) is 4.13. The number of carboxylic acid groups (broad SMARTS) is 1. The average Bonchev–Trinajstić information content (AvgIpc) is 2.26. The van der Waals surface area contributed by atoms with E-state index in [0.29, 0.717) is 5.75 Å². The van der Waals surface area contributed by atoms with Crippen molar-refractivity contribution >= 4 is 5.97 Å². The third-order valence-corrected chi connectivity index (χ3v) is 2.38. The molecule has 16 heavy (non-hydrogen) atoms. The number of aliphatic carboxylic acids is 1. The van der Waals surface area contributed by atoms with Crippen LogP contribution in [0.1, 0.15) is 17.9 Å². The molecule has 0 bridgehead atoms. The van der Waals surface area contributed by atoms with Crippen molar-refractivity contribution in [2.75, 3.05) is 13.7 Å². The van der Waals surface area contributed by atoms with Crippen molar-refractivity contribution in [3.05, 3.63) is 23.8 Å². The van der Waals surface area contributed by atoms with E-state index in [9.17, 15) is 9.90 Å². The second-order valence-corrected chi connectivity index (χ2v) is 3.46. The number of methoxy groups -OCH3 is 1. The summed E-state index contributed by atoms with van der Waals surface area (Å²) in [5, 5.41) is 18.1. The highest BCUT2D eigenvalue weighted by molar-refractivity contribution is 5.68. The molecular formula is C11H15NO4. The highest BCUT2D eigenvalue weighted by atomic mass is 16.5. The molecular weight excluding hydrogens is 210 g/mol. The molecule has 0 amide bonds. The van der Waals surface area contributed by atoms with Gasteiger partial charge in [-0.25, -0.2) is 0 Å². The van der Waals surface area contributed by atoms with Crippen LogP contribution in [0.3, 0.4) is 0 Å². The van der Waals surface area contributed by atoms with E-state index in [-0.39, 0.29) is 24.6 Å².